The van der Waals surface area contributed by atoms with Crippen molar-refractivity contribution in [3.63, 3.8) is 0 Å². The molecule has 0 amide bonds. The van der Waals surface area contributed by atoms with Gasteiger partial charge in [0, 0.05) is 0 Å². The highest BCUT2D eigenvalue weighted by Gasteiger charge is 2.27. The molecule has 84 valence electrons. The summed E-state index contributed by atoms with van der Waals surface area (Å²) in [5, 5.41) is 0. The third-order valence-corrected chi connectivity index (χ3v) is 2.94. The maximum absolute atomic E-state index is 11.6. The summed E-state index contributed by atoms with van der Waals surface area (Å²) in [7, 11) is 0. The summed E-state index contributed by atoms with van der Waals surface area (Å²) in [4.78, 5) is 11.6. The van der Waals surface area contributed by atoms with Crippen LogP contribution in [0.3, 0.4) is 0 Å². The van der Waals surface area contributed by atoms with E-state index in [1.807, 2.05) is 0 Å². The van der Waals surface area contributed by atoms with Crippen LogP contribution in [0.4, 0.5) is 0 Å². The first-order chi connectivity index (χ1) is 6.60. The van der Waals surface area contributed by atoms with Crippen molar-refractivity contribution in [2.45, 2.75) is 48.0 Å². The van der Waals surface area contributed by atoms with E-state index in [9.17, 15) is 4.79 Å². The lowest BCUT2D eigenvalue weighted by atomic mass is 9.73. The number of carbonyl (C=O) groups excluding carboxylic acids is 1. The van der Waals surface area contributed by atoms with Crippen molar-refractivity contribution in [3.05, 3.63) is 23.3 Å². The van der Waals surface area contributed by atoms with E-state index in [4.69, 9.17) is 0 Å². The molecule has 0 heterocycles. The van der Waals surface area contributed by atoms with Crippen molar-refractivity contribution in [3.8, 4) is 0 Å². The number of hydrogen-bond donors (Lipinski definition) is 0. The number of hydrogen-bond acceptors (Lipinski definition) is 1. The molecule has 0 saturated carbocycles. The second-order valence-electron chi connectivity index (χ2n) is 6.42. The van der Waals surface area contributed by atoms with Gasteiger partial charge in [-0.05, 0) is 29.4 Å². The van der Waals surface area contributed by atoms with E-state index in [2.05, 4.69) is 41.5 Å². The minimum absolute atomic E-state index is 0.0976. The molecule has 1 rings (SSSR count). The molecule has 0 aromatic carbocycles. The minimum Gasteiger partial charge on any atom is -0.290 e. The van der Waals surface area contributed by atoms with Gasteiger partial charge in [-0.15, -0.1) is 0 Å². The predicted molar refractivity (Wildman–Crippen MR) is 64.7 cm³/mol. The van der Waals surface area contributed by atoms with E-state index in [1.165, 1.54) is 11.1 Å². The third kappa shape index (κ3) is 3.05. The maximum Gasteiger partial charge on any atom is 0.178 e. The Labute approximate surface area is 93.3 Å². The lowest BCUT2D eigenvalue weighted by molar-refractivity contribution is -0.110. The van der Waals surface area contributed by atoms with E-state index in [1.54, 1.807) is 12.2 Å². The molecule has 0 atom stereocenters. The normalized spacial score (nSPS) is 18.7. The van der Waals surface area contributed by atoms with Gasteiger partial charge in [-0.1, -0.05) is 52.7 Å². The van der Waals surface area contributed by atoms with Gasteiger partial charge < -0.3 is 0 Å². The number of rotatable bonds is 0. The van der Waals surface area contributed by atoms with Crippen molar-refractivity contribution < 1.29 is 4.79 Å². The Kier molecular flexibility index (Phi) is 2.95. The monoisotopic (exact) mass is 206 g/mol. The van der Waals surface area contributed by atoms with Crippen molar-refractivity contribution in [2.75, 3.05) is 0 Å². The van der Waals surface area contributed by atoms with Crippen LogP contribution in [0.25, 0.3) is 0 Å². The molecule has 1 aliphatic carbocycles. The number of ketones is 1. The van der Waals surface area contributed by atoms with Gasteiger partial charge in [0.05, 0.1) is 0 Å². The summed E-state index contributed by atoms with van der Waals surface area (Å²) in [6.45, 7) is 13.0. The summed E-state index contributed by atoms with van der Waals surface area (Å²) in [6.07, 6.45) is 4.54. The maximum atomic E-state index is 11.6. The molecule has 0 saturated heterocycles. The highest BCUT2D eigenvalue weighted by molar-refractivity contribution is 6.01. The first-order valence-electron chi connectivity index (χ1n) is 5.57. The van der Waals surface area contributed by atoms with E-state index in [0.717, 1.165) is 6.42 Å². The Morgan fingerprint density at radius 3 is 1.47 bits per heavy atom. The number of allylic oxidation sites excluding steroid dienone is 4. The van der Waals surface area contributed by atoms with Gasteiger partial charge in [-0.3, -0.25) is 4.79 Å². The first-order valence-corrected chi connectivity index (χ1v) is 5.57. The van der Waals surface area contributed by atoms with Crippen LogP contribution in [0.15, 0.2) is 23.3 Å². The fourth-order valence-electron chi connectivity index (χ4n) is 1.66. The largest absolute Gasteiger partial charge is 0.290 e. The van der Waals surface area contributed by atoms with Crippen molar-refractivity contribution >= 4 is 5.78 Å². The lowest BCUT2D eigenvalue weighted by Crippen LogP contribution is -2.20. The van der Waals surface area contributed by atoms with Gasteiger partial charge in [0.1, 0.15) is 0 Å². The van der Waals surface area contributed by atoms with Crippen molar-refractivity contribution in [1.82, 2.24) is 0 Å². The molecule has 0 aliphatic heterocycles. The van der Waals surface area contributed by atoms with Gasteiger partial charge >= 0.3 is 0 Å². The summed E-state index contributed by atoms with van der Waals surface area (Å²) in [5.74, 6) is 0.149. The van der Waals surface area contributed by atoms with Crippen molar-refractivity contribution in [2.24, 2.45) is 10.8 Å². The number of carbonyl (C=O) groups is 1. The molecule has 1 aliphatic rings. The Bertz CT molecular complexity index is 297. The van der Waals surface area contributed by atoms with Crippen LogP contribution < -0.4 is 0 Å². The highest BCUT2D eigenvalue weighted by Crippen LogP contribution is 2.38. The SMILES string of the molecule is CC(C)(C)C1=CC(=O)C=C(C(C)(C)C)C1. The Morgan fingerprint density at radius 2 is 1.20 bits per heavy atom. The zero-order valence-corrected chi connectivity index (χ0v) is 10.8. The summed E-state index contributed by atoms with van der Waals surface area (Å²) < 4.78 is 0. The van der Waals surface area contributed by atoms with E-state index < -0.39 is 0 Å². The fraction of sp³-hybridized carbons (Fsp3) is 0.643. The van der Waals surface area contributed by atoms with Gasteiger partial charge in [0.25, 0.3) is 0 Å². The van der Waals surface area contributed by atoms with Crippen LogP contribution in [0, 0.1) is 10.8 Å². The fourth-order valence-corrected chi connectivity index (χ4v) is 1.66. The van der Waals surface area contributed by atoms with Crippen LogP contribution in [0.5, 0.6) is 0 Å². The molecule has 0 bridgehead atoms. The van der Waals surface area contributed by atoms with Crippen LogP contribution in [0.2, 0.25) is 0 Å². The average molecular weight is 206 g/mol. The smallest absolute Gasteiger partial charge is 0.178 e. The van der Waals surface area contributed by atoms with Gasteiger partial charge in [-0.25, -0.2) is 0 Å². The topological polar surface area (TPSA) is 17.1 Å². The second-order valence-corrected chi connectivity index (χ2v) is 6.42. The van der Waals surface area contributed by atoms with Crippen LogP contribution >= 0.6 is 0 Å². The Morgan fingerprint density at radius 1 is 0.867 bits per heavy atom. The highest BCUT2D eigenvalue weighted by atomic mass is 16.1. The minimum atomic E-state index is 0.0976. The first kappa shape index (κ1) is 12.2. The molecule has 0 radical (unpaired) electrons. The molecule has 0 spiro atoms. The summed E-state index contributed by atoms with van der Waals surface area (Å²) in [6, 6.07) is 0. The van der Waals surface area contributed by atoms with E-state index >= 15 is 0 Å². The summed E-state index contributed by atoms with van der Waals surface area (Å²) in [5.41, 5.74) is 2.70. The molecule has 0 N–H and O–H groups in total. The Balaban J connectivity index is 3.00. The quantitative estimate of drug-likeness (QED) is 0.587. The molecule has 1 heteroatoms. The van der Waals surface area contributed by atoms with Gasteiger partial charge in [0.2, 0.25) is 0 Å². The van der Waals surface area contributed by atoms with Crippen LogP contribution in [0.1, 0.15) is 48.0 Å². The predicted octanol–water partition coefficient (Wildman–Crippen LogP) is 3.90. The third-order valence-electron chi connectivity index (χ3n) is 2.94. The van der Waals surface area contributed by atoms with Crippen LogP contribution in [-0.4, -0.2) is 5.78 Å². The zero-order chi connectivity index (χ0) is 11.9. The molecule has 0 aromatic heterocycles. The molecule has 15 heavy (non-hydrogen) atoms. The lowest BCUT2D eigenvalue weighted by Gasteiger charge is -2.31. The van der Waals surface area contributed by atoms with E-state index in [-0.39, 0.29) is 16.6 Å². The molecular formula is C14H22O. The molecule has 1 nitrogen and oxygen atoms in total. The molecule has 0 fully saturated rings. The van der Waals surface area contributed by atoms with Crippen molar-refractivity contribution in [1.29, 1.82) is 0 Å². The van der Waals surface area contributed by atoms with E-state index in [0.29, 0.717) is 0 Å². The Hall–Kier alpha value is -0.850. The van der Waals surface area contributed by atoms with Gasteiger partial charge in [0.15, 0.2) is 5.78 Å². The molecule has 0 unspecified atom stereocenters. The zero-order valence-electron chi connectivity index (χ0n) is 10.8. The van der Waals surface area contributed by atoms with Gasteiger partial charge in [-0.2, -0.15) is 0 Å². The summed E-state index contributed by atoms with van der Waals surface area (Å²) >= 11 is 0. The second kappa shape index (κ2) is 3.62. The average Bonchev–Trinajstić information content (AvgIpc) is 1.99. The molecule has 0 aromatic rings. The standard InChI is InChI=1S/C14H22O/c1-13(2,3)10-7-11(14(4,5)6)9-12(15)8-10/h8-9H,7H2,1-6H3. The van der Waals surface area contributed by atoms with Crippen LogP contribution in [-0.2, 0) is 4.79 Å². The molecular weight excluding hydrogens is 184 g/mol.